The molecule has 0 aromatic carbocycles. The van der Waals surface area contributed by atoms with Crippen LogP contribution >= 0.6 is 0 Å². The van der Waals surface area contributed by atoms with Crippen LogP contribution < -0.4 is 0 Å². The lowest BCUT2D eigenvalue weighted by atomic mass is 10.4. The number of rotatable bonds is 1. The lowest BCUT2D eigenvalue weighted by Crippen LogP contribution is -1.67. The highest BCUT2D eigenvalue weighted by atomic mass is 16.3. The highest BCUT2D eigenvalue weighted by Crippen LogP contribution is 1.97. The molecule has 1 nitrogen and oxygen atoms in total. The fourth-order valence-corrected chi connectivity index (χ4v) is 0.429. The first-order chi connectivity index (χ1) is 3.43. The van der Waals surface area contributed by atoms with E-state index in [-0.39, 0.29) is 0 Å². The van der Waals surface area contributed by atoms with Crippen molar-refractivity contribution < 1.29 is 4.42 Å². The monoisotopic (exact) mass is 94.0 g/mol. The minimum Gasteiger partial charge on any atom is -0.469 e. The average molecular weight is 94.1 g/mol. The second kappa shape index (κ2) is 1.82. The molecule has 1 aromatic heterocycles. The standard InChI is InChI=1S/C6H6O/c1-2-6-4-3-5-7-6/h1,3-5H,2H2. The third-order valence-corrected chi connectivity index (χ3v) is 0.781. The van der Waals surface area contributed by atoms with Crippen molar-refractivity contribution in [2.24, 2.45) is 0 Å². The predicted molar refractivity (Wildman–Crippen MR) is 26.7 cm³/mol. The van der Waals surface area contributed by atoms with Crippen molar-refractivity contribution in [3.05, 3.63) is 31.1 Å². The SMILES string of the molecule is [CH]Cc1ccco1. The quantitative estimate of drug-likeness (QED) is 0.514. The van der Waals surface area contributed by atoms with Crippen molar-refractivity contribution in [2.45, 2.75) is 6.42 Å². The summed E-state index contributed by atoms with van der Waals surface area (Å²) < 4.78 is 4.86. The molecule has 0 aliphatic carbocycles. The first-order valence-corrected chi connectivity index (χ1v) is 2.16. The van der Waals surface area contributed by atoms with E-state index < -0.39 is 0 Å². The van der Waals surface area contributed by atoms with Gasteiger partial charge in [-0.15, -0.1) is 0 Å². The van der Waals surface area contributed by atoms with Gasteiger partial charge in [-0.2, -0.15) is 0 Å². The first-order valence-electron chi connectivity index (χ1n) is 2.16. The molecule has 0 atom stereocenters. The van der Waals surface area contributed by atoms with Crippen molar-refractivity contribution in [3.63, 3.8) is 0 Å². The highest BCUT2D eigenvalue weighted by Gasteiger charge is 1.84. The van der Waals surface area contributed by atoms with E-state index in [1.165, 1.54) is 0 Å². The number of hydrogen-bond acceptors (Lipinski definition) is 1. The smallest absolute Gasteiger partial charge is 0.104 e. The molecule has 0 amide bonds. The summed E-state index contributed by atoms with van der Waals surface area (Å²) >= 11 is 0. The maximum atomic E-state index is 5.20. The number of furan rings is 1. The zero-order valence-corrected chi connectivity index (χ0v) is 3.92. The molecule has 7 heavy (non-hydrogen) atoms. The van der Waals surface area contributed by atoms with Crippen LogP contribution in [0.5, 0.6) is 0 Å². The minimum absolute atomic E-state index is 0.493. The van der Waals surface area contributed by atoms with Crippen molar-refractivity contribution in [1.29, 1.82) is 0 Å². The zero-order chi connectivity index (χ0) is 5.11. The fraction of sp³-hybridized carbons (Fsp3) is 0.167. The van der Waals surface area contributed by atoms with E-state index in [0.29, 0.717) is 6.42 Å². The van der Waals surface area contributed by atoms with Gasteiger partial charge in [-0.05, 0) is 19.1 Å². The van der Waals surface area contributed by atoms with E-state index in [1.54, 1.807) is 6.26 Å². The Morgan fingerprint density at radius 1 is 1.71 bits per heavy atom. The Labute approximate surface area is 43.0 Å². The lowest BCUT2D eigenvalue weighted by molar-refractivity contribution is 0.522. The molecular formula is C6H6O. The molecule has 1 heterocycles. The zero-order valence-electron chi connectivity index (χ0n) is 3.92. The van der Waals surface area contributed by atoms with Crippen molar-refractivity contribution in [2.75, 3.05) is 0 Å². The van der Waals surface area contributed by atoms with Gasteiger partial charge in [0.2, 0.25) is 0 Å². The van der Waals surface area contributed by atoms with E-state index in [0.717, 1.165) is 5.76 Å². The Kier molecular flexibility index (Phi) is 1.16. The summed E-state index contributed by atoms with van der Waals surface area (Å²) in [6.07, 6.45) is 2.11. The molecule has 1 heteroatoms. The summed E-state index contributed by atoms with van der Waals surface area (Å²) in [5, 5.41) is 0. The molecule has 0 bridgehead atoms. The van der Waals surface area contributed by atoms with Gasteiger partial charge < -0.3 is 4.42 Å². The molecule has 2 radical (unpaired) electrons. The second-order valence-corrected chi connectivity index (χ2v) is 1.28. The van der Waals surface area contributed by atoms with Crippen LogP contribution in [0.4, 0.5) is 0 Å². The van der Waals surface area contributed by atoms with Gasteiger partial charge in [0.15, 0.2) is 0 Å². The molecule has 0 aliphatic heterocycles. The van der Waals surface area contributed by atoms with Crippen LogP contribution in [0, 0.1) is 6.92 Å². The predicted octanol–water partition coefficient (Wildman–Crippen LogP) is 1.53. The van der Waals surface area contributed by atoms with E-state index in [4.69, 9.17) is 11.3 Å². The second-order valence-electron chi connectivity index (χ2n) is 1.28. The Balaban J connectivity index is 2.76. The summed E-state index contributed by atoms with van der Waals surface area (Å²) in [6.45, 7) is 5.20. The van der Waals surface area contributed by atoms with E-state index in [9.17, 15) is 0 Å². The number of hydrogen-bond donors (Lipinski definition) is 0. The molecule has 0 fully saturated rings. The van der Waals surface area contributed by atoms with Gasteiger partial charge in [0, 0.05) is 6.42 Å². The largest absolute Gasteiger partial charge is 0.469 e. The molecule has 0 saturated heterocycles. The molecule has 36 valence electrons. The maximum Gasteiger partial charge on any atom is 0.104 e. The molecule has 0 N–H and O–H groups in total. The summed E-state index contributed by atoms with van der Waals surface area (Å²) in [7, 11) is 0. The molecule has 1 rings (SSSR count). The highest BCUT2D eigenvalue weighted by molar-refractivity contribution is 4.98. The molecule has 1 aromatic rings. The first kappa shape index (κ1) is 4.44. The van der Waals surface area contributed by atoms with Crippen molar-refractivity contribution >= 4 is 0 Å². The summed E-state index contributed by atoms with van der Waals surface area (Å²) in [6, 6.07) is 3.67. The maximum absolute atomic E-state index is 5.20. The van der Waals surface area contributed by atoms with Gasteiger partial charge in [-0.3, -0.25) is 0 Å². The van der Waals surface area contributed by atoms with E-state index >= 15 is 0 Å². The van der Waals surface area contributed by atoms with Gasteiger partial charge in [0.05, 0.1) is 6.26 Å². The van der Waals surface area contributed by atoms with Gasteiger partial charge >= 0.3 is 0 Å². The topological polar surface area (TPSA) is 13.1 Å². The Morgan fingerprint density at radius 2 is 2.57 bits per heavy atom. The van der Waals surface area contributed by atoms with Crippen LogP contribution in [-0.4, -0.2) is 0 Å². The third-order valence-electron chi connectivity index (χ3n) is 0.781. The lowest BCUT2D eigenvalue weighted by Gasteiger charge is -1.79. The Bertz CT molecular complexity index is 119. The molecule has 0 spiro atoms. The summed E-state index contributed by atoms with van der Waals surface area (Å²) in [4.78, 5) is 0. The summed E-state index contributed by atoms with van der Waals surface area (Å²) in [5.74, 6) is 0.833. The molecular weight excluding hydrogens is 88.1 g/mol. The van der Waals surface area contributed by atoms with E-state index in [1.807, 2.05) is 12.1 Å². The fourth-order valence-electron chi connectivity index (χ4n) is 0.429. The van der Waals surface area contributed by atoms with Gasteiger partial charge in [-0.1, -0.05) is 0 Å². The molecule has 0 aliphatic rings. The minimum atomic E-state index is 0.493. The van der Waals surface area contributed by atoms with Crippen LogP contribution in [0.3, 0.4) is 0 Å². The molecule has 0 saturated carbocycles. The van der Waals surface area contributed by atoms with Crippen molar-refractivity contribution in [3.8, 4) is 0 Å². The van der Waals surface area contributed by atoms with Gasteiger partial charge in [0.1, 0.15) is 5.76 Å². The summed E-state index contributed by atoms with van der Waals surface area (Å²) in [5.41, 5.74) is 0. The van der Waals surface area contributed by atoms with Gasteiger partial charge in [0.25, 0.3) is 0 Å². The van der Waals surface area contributed by atoms with Gasteiger partial charge in [-0.25, -0.2) is 0 Å². The normalized spacial score (nSPS) is 9.29. The Morgan fingerprint density at radius 3 is 2.86 bits per heavy atom. The van der Waals surface area contributed by atoms with Crippen LogP contribution in [0.25, 0.3) is 0 Å². The van der Waals surface area contributed by atoms with Crippen LogP contribution in [-0.2, 0) is 6.42 Å². The van der Waals surface area contributed by atoms with Crippen LogP contribution in [0.1, 0.15) is 5.76 Å². The van der Waals surface area contributed by atoms with Crippen LogP contribution in [0.2, 0.25) is 0 Å². The third kappa shape index (κ3) is 0.829. The van der Waals surface area contributed by atoms with E-state index in [2.05, 4.69) is 0 Å². The van der Waals surface area contributed by atoms with Crippen LogP contribution in [0.15, 0.2) is 22.8 Å². The average Bonchev–Trinajstić information content (AvgIpc) is 2.14. The Hall–Kier alpha value is -0.720. The molecule has 0 unspecified atom stereocenters. The van der Waals surface area contributed by atoms with Crippen molar-refractivity contribution in [1.82, 2.24) is 0 Å².